The number of amides is 1. The van der Waals surface area contributed by atoms with E-state index in [1.54, 1.807) is 0 Å². The van der Waals surface area contributed by atoms with Crippen molar-refractivity contribution in [1.29, 1.82) is 0 Å². The lowest BCUT2D eigenvalue weighted by atomic mass is 9.94. The summed E-state index contributed by atoms with van der Waals surface area (Å²) in [5, 5.41) is 12.0. The first-order valence-corrected chi connectivity index (χ1v) is 8.15. The number of halogens is 1. The Morgan fingerprint density at radius 3 is 3.05 bits per heavy atom. The molecule has 2 aliphatic rings. The van der Waals surface area contributed by atoms with Gasteiger partial charge in [-0.15, -0.1) is 0 Å². The smallest absolute Gasteiger partial charge is 0.245 e. The quantitative estimate of drug-likeness (QED) is 0.776. The summed E-state index contributed by atoms with van der Waals surface area (Å²) in [6, 6.07) is 3.38. The Kier molecular flexibility index (Phi) is 4.19. The van der Waals surface area contributed by atoms with Crippen molar-refractivity contribution in [2.75, 3.05) is 29.9 Å². The van der Waals surface area contributed by atoms with Gasteiger partial charge < -0.3 is 21.1 Å². The number of nitrogens with two attached hydrogens (primary N) is 1. The van der Waals surface area contributed by atoms with Gasteiger partial charge in [0.2, 0.25) is 5.91 Å². The fourth-order valence-corrected chi connectivity index (χ4v) is 3.85. The molecule has 1 aromatic carbocycles. The van der Waals surface area contributed by atoms with E-state index in [1.807, 2.05) is 12.1 Å². The Morgan fingerprint density at radius 2 is 2.29 bits per heavy atom. The van der Waals surface area contributed by atoms with Crippen LogP contribution in [0, 0.1) is 5.92 Å². The third-order valence-corrected chi connectivity index (χ3v) is 5.03. The average Bonchev–Trinajstić information content (AvgIpc) is 2.74. The second-order valence-corrected chi connectivity index (χ2v) is 6.68. The maximum Gasteiger partial charge on any atom is 0.245 e. The number of benzene rings is 1. The van der Waals surface area contributed by atoms with Crippen LogP contribution in [-0.4, -0.2) is 30.7 Å². The highest BCUT2D eigenvalue weighted by molar-refractivity contribution is 9.10. The molecule has 2 atom stereocenters. The zero-order chi connectivity index (χ0) is 15.0. The van der Waals surface area contributed by atoms with Gasteiger partial charge in [-0.1, -0.05) is 0 Å². The fourth-order valence-electron chi connectivity index (χ4n) is 3.24. The summed E-state index contributed by atoms with van der Waals surface area (Å²) >= 11 is 3.61. The predicted octanol–water partition coefficient (Wildman–Crippen LogP) is 2.00. The van der Waals surface area contributed by atoms with E-state index in [-0.39, 0.29) is 12.5 Å². The number of aliphatic hydroxyl groups is 1. The van der Waals surface area contributed by atoms with E-state index in [0.717, 1.165) is 47.3 Å². The number of hydrogen-bond donors (Lipinski definition) is 3. The van der Waals surface area contributed by atoms with Crippen molar-refractivity contribution in [3.8, 4) is 0 Å². The number of piperidine rings is 1. The summed E-state index contributed by atoms with van der Waals surface area (Å²) in [5.74, 6) is 0.381. The fraction of sp³-hybridized carbons (Fsp3) is 0.533. The standard InChI is InChI=1S/C15H20BrN3O2/c16-11-6-10-12(18-15(21)14(10)17)7-13(11)19-4-1-2-9(8-19)3-5-20/h6-7,9,14,20H,1-5,8,17H2,(H,18,21). The lowest BCUT2D eigenvalue weighted by Gasteiger charge is -2.35. The molecule has 2 aliphatic heterocycles. The van der Waals surface area contributed by atoms with E-state index in [1.165, 1.54) is 6.42 Å². The van der Waals surface area contributed by atoms with Crippen LogP contribution in [0.4, 0.5) is 11.4 Å². The molecule has 1 aromatic rings. The van der Waals surface area contributed by atoms with Gasteiger partial charge in [0.1, 0.15) is 6.04 Å². The number of nitrogens with one attached hydrogen (secondary N) is 1. The summed E-state index contributed by atoms with van der Waals surface area (Å²) in [6.07, 6.45) is 3.14. The van der Waals surface area contributed by atoms with Crippen molar-refractivity contribution in [3.05, 3.63) is 22.2 Å². The zero-order valence-electron chi connectivity index (χ0n) is 11.8. The average molecular weight is 354 g/mol. The molecular weight excluding hydrogens is 334 g/mol. The van der Waals surface area contributed by atoms with Crippen LogP contribution >= 0.6 is 15.9 Å². The topological polar surface area (TPSA) is 78.6 Å². The van der Waals surface area contributed by atoms with Crippen LogP contribution in [0.1, 0.15) is 30.9 Å². The van der Waals surface area contributed by atoms with E-state index in [9.17, 15) is 4.79 Å². The molecule has 0 radical (unpaired) electrons. The Hall–Kier alpha value is -1.11. The second-order valence-electron chi connectivity index (χ2n) is 5.82. The predicted molar refractivity (Wildman–Crippen MR) is 86.3 cm³/mol. The molecule has 2 heterocycles. The highest BCUT2D eigenvalue weighted by Crippen LogP contribution is 2.39. The van der Waals surface area contributed by atoms with Gasteiger partial charge in [0, 0.05) is 35.4 Å². The summed E-state index contributed by atoms with van der Waals surface area (Å²) < 4.78 is 0.970. The molecular formula is C15H20BrN3O2. The first-order valence-electron chi connectivity index (χ1n) is 7.36. The van der Waals surface area contributed by atoms with Crippen LogP contribution in [0.3, 0.4) is 0 Å². The number of rotatable bonds is 3. The van der Waals surface area contributed by atoms with Crippen LogP contribution in [0.5, 0.6) is 0 Å². The molecule has 0 aliphatic carbocycles. The van der Waals surface area contributed by atoms with Crippen molar-refractivity contribution in [2.45, 2.75) is 25.3 Å². The maximum atomic E-state index is 11.7. The van der Waals surface area contributed by atoms with Crippen molar-refractivity contribution in [1.82, 2.24) is 0 Å². The molecule has 21 heavy (non-hydrogen) atoms. The van der Waals surface area contributed by atoms with Gasteiger partial charge in [0.15, 0.2) is 0 Å². The van der Waals surface area contributed by atoms with E-state index < -0.39 is 6.04 Å². The number of carbonyl (C=O) groups is 1. The monoisotopic (exact) mass is 353 g/mol. The molecule has 4 N–H and O–H groups in total. The van der Waals surface area contributed by atoms with Gasteiger partial charge in [-0.05, 0) is 53.2 Å². The first kappa shape index (κ1) is 14.8. The van der Waals surface area contributed by atoms with Crippen LogP contribution in [0.15, 0.2) is 16.6 Å². The molecule has 0 bridgehead atoms. The van der Waals surface area contributed by atoms with Gasteiger partial charge >= 0.3 is 0 Å². The molecule has 6 heteroatoms. The summed E-state index contributed by atoms with van der Waals surface area (Å²) in [6.45, 7) is 2.19. The van der Waals surface area contributed by atoms with Gasteiger partial charge in [0.05, 0.1) is 5.69 Å². The highest BCUT2D eigenvalue weighted by Gasteiger charge is 2.30. The van der Waals surface area contributed by atoms with E-state index in [4.69, 9.17) is 10.8 Å². The van der Waals surface area contributed by atoms with Crippen molar-refractivity contribution in [2.24, 2.45) is 11.7 Å². The number of anilines is 2. The van der Waals surface area contributed by atoms with Crippen LogP contribution in [0.2, 0.25) is 0 Å². The van der Waals surface area contributed by atoms with Gasteiger partial charge in [-0.3, -0.25) is 4.79 Å². The van der Waals surface area contributed by atoms with Crippen LogP contribution < -0.4 is 16.0 Å². The Bertz CT molecular complexity index is 562. The number of fused-ring (bicyclic) bond motifs is 1. The molecule has 114 valence electrons. The molecule has 1 saturated heterocycles. The van der Waals surface area contributed by atoms with Gasteiger partial charge in [0.25, 0.3) is 0 Å². The van der Waals surface area contributed by atoms with Gasteiger partial charge in [-0.2, -0.15) is 0 Å². The third kappa shape index (κ3) is 2.80. The SMILES string of the molecule is NC1C(=O)Nc2cc(N3CCCC(CCO)C3)c(Br)cc21. The molecule has 1 fully saturated rings. The van der Waals surface area contributed by atoms with E-state index >= 15 is 0 Å². The minimum Gasteiger partial charge on any atom is -0.396 e. The minimum atomic E-state index is -0.575. The van der Waals surface area contributed by atoms with Crippen molar-refractivity contribution >= 4 is 33.2 Å². The first-order chi connectivity index (χ1) is 10.1. The Balaban J connectivity index is 1.86. The molecule has 1 amide bonds. The molecule has 2 unspecified atom stereocenters. The normalized spacial score (nSPS) is 24.9. The van der Waals surface area contributed by atoms with E-state index in [0.29, 0.717) is 5.92 Å². The van der Waals surface area contributed by atoms with Gasteiger partial charge in [-0.25, -0.2) is 0 Å². The molecule has 0 saturated carbocycles. The second kappa shape index (κ2) is 5.94. The lowest BCUT2D eigenvalue weighted by molar-refractivity contribution is -0.116. The van der Waals surface area contributed by atoms with Crippen LogP contribution in [-0.2, 0) is 4.79 Å². The number of carbonyl (C=O) groups excluding carboxylic acids is 1. The molecule has 0 spiro atoms. The summed E-state index contributed by atoms with van der Waals surface area (Å²) in [7, 11) is 0. The number of aliphatic hydroxyl groups excluding tert-OH is 1. The zero-order valence-corrected chi connectivity index (χ0v) is 13.4. The largest absolute Gasteiger partial charge is 0.396 e. The number of nitrogens with zero attached hydrogens (tertiary/aromatic N) is 1. The molecule has 5 nitrogen and oxygen atoms in total. The van der Waals surface area contributed by atoms with E-state index in [2.05, 4.69) is 26.1 Å². The summed E-state index contributed by atoms with van der Waals surface area (Å²) in [4.78, 5) is 14.0. The van der Waals surface area contributed by atoms with Crippen molar-refractivity contribution < 1.29 is 9.90 Å². The van der Waals surface area contributed by atoms with Crippen LogP contribution in [0.25, 0.3) is 0 Å². The molecule has 3 rings (SSSR count). The minimum absolute atomic E-state index is 0.147. The Morgan fingerprint density at radius 1 is 1.48 bits per heavy atom. The summed E-state index contributed by atoms with van der Waals surface area (Å²) in [5.41, 5.74) is 8.62. The lowest BCUT2D eigenvalue weighted by Crippen LogP contribution is -2.36. The highest BCUT2D eigenvalue weighted by atomic mass is 79.9. The Labute approximate surface area is 132 Å². The number of hydrogen-bond acceptors (Lipinski definition) is 4. The van der Waals surface area contributed by atoms with Crippen molar-refractivity contribution in [3.63, 3.8) is 0 Å². The maximum absolute atomic E-state index is 11.7. The third-order valence-electron chi connectivity index (χ3n) is 4.39. The molecule has 0 aromatic heterocycles.